The second-order valence-corrected chi connectivity index (χ2v) is 8.85. The zero-order chi connectivity index (χ0) is 22.6. The maximum atomic E-state index is 12.5. The van der Waals surface area contributed by atoms with Gasteiger partial charge in [-0.25, -0.2) is 23.1 Å². The van der Waals surface area contributed by atoms with E-state index in [9.17, 15) is 13.2 Å². The molecule has 3 rings (SSSR count). The summed E-state index contributed by atoms with van der Waals surface area (Å²) in [6.45, 7) is 7.25. The summed E-state index contributed by atoms with van der Waals surface area (Å²) in [5, 5.41) is 2.73. The highest BCUT2D eigenvalue weighted by molar-refractivity contribution is 7.92. The van der Waals surface area contributed by atoms with Gasteiger partial charge in [-0.2, -0.15) is 0 Å². The van der Waals surface area contributed by atoms with Gasteiger partial charge in [-0.1, -0.05) is 12.1 Å². The van der Waals surface area contributed by atoms with Crippen LogP contribution in [0, 0.1) is 20.8 Å². The number of aryl methyl sites for hydroxylation is 3. The molecule has 0 saturated carbocycles. The molecule has 1 amide bonds. The quantitative estimate of drug-likeness (QED) is 0.581. The second kappa shape index (κ2) is 9.13. The third-order valence-electron chi connectivity index (χ3n) is 4.47. The summed E-state index contributed by atoms with van der Waals surface area (Å²) in [6.07, 6.45) is 0.740. The predicted octanol–water partition coefficient (Wildman–Crippen LogP) is 3.61. The molecule has 0 radical (unpaired) electrons. The Labute approximate surface area is 181 Å². The number of hydrogen-bond donors (Lipinski definition) is 2. The first-order valence-corrected chi connectivity index (χ1v) is 11.1. The molecule has 1 aromatic heterocycles. The van der Waals surface area contributed by atoms with Crippen LogP contribution in [0.4, 0.5) is 11.6 Å². The van der Waals surface area contributed by atoms with E-state index in [4.69, 9.17) is 4.74 Å². The molecule has 1 atom stereocenters. The molecule has 0 aliphatic carbocycles. The molecule has 0 aliphatic heterocycles. The number of carbonyl (C=O) groups is 1. The van der Waals surface area contributed by atoms with Crippen molar-refractivity contribution in [3.8, 4) is 5.75 Å². The molecule has 0 unspecified atom stereocenters. The lowest BCUT2D eigenvalue weighted by molar-refractivity contribution is -0.122. The Hall–Kier alpha value is -3.46. The highest BCUT2D eigenvalue weighted by Crippen LogP contribution is 2.21. The number of sulfonamides is 1. The number of anilines is 2. The summed E-state index contributed by atoms with van der Waals surface area (Å²) in [5.41, 5.74) is 3.06. The van der Waals surface area contributed by atoms with Gasteiger partial charge in [-0.05, 0) is 75.2 Å². The van der Waals surface area contributed by atoms with Gasteiger partial charge in [0, 0.05) is 17.6 Å². The smallest absolute Gasteiger partial charge is 0.265 e. The van der Waals surface area contributed by atoms with Crippen LogP contribution in [0.15, 0.2) is 59.6 Å². The van der Waals surface area contributed by atoms with E-state index in [0.29, 0.717) is 17.1 Å². The average molecular weight is 441 g/mol. The van der Waals surface area contributed by atoms with Gasteiger partial charge in [0.1, 0.15) is 5.75 Å². The molecule has 3 aromatic rings. The van der Waals surface area contributed by atoms with Crippen molar-refractivity contribution < 1.29 is 17.9 Å². The van der Waals surface area contributed by atoms with Crippen molar-refractivity contribution in [2.45, 2.75) is 38.7 Å². The maximum absolute atomic E-state index is 12.5. The van der Waals surface area contributed by atoms with E-state index in [1.165, 1.54) is 30.5 Å². The number of hydrogen-bond acceptors (Lipinski definition) is 6. The fourth-order valence-electron chi connectivity index (χ4n) is 2.72. The number of amides is 1. The van der Waals surface area contributed by atoms with Crippen LogP contribution in [0.25, 0.3) is 0 Å². The molecular weight excluding hydrogens is 416 g/mol. The third kappa shape index (κ3) is 5.79. The van der Waals surface area contributed by atoms with Crippen LogP contribution in [0.1, 0.15) is 23.7 Å². The Morgan fingerprint density at radius 2 is 1.74 bits per heavy atom. The number of benzene rings is 2. The second-order valence-electron chi connectivity index (χ2n) is 7.17. The van der Waals surface area contributed by atoms with Crippen molar-refractivity contribution >= 4 is 27.6 Å². The first kappa shape index (κ1) is 22.2. The fraction of sp³-hybridized carbons (Fsp3) is 0.227. The van der Waals surface area contributed by atoms with E-state index >= 15 is 0 Å². The van der Waals surface area contributed by atoms with Gasteiger partial charge in [-0.3, -0.25) is 4.79 Å². The van der Waals surface area contributed by atoms with Gasteiger partial charge in [-0.15, -0.1) is 0 Å². The van der Waals surface area contributed by atoms with Crippen molar-refractivity contribution in [3.05, 3.63) is 71.5 Å². The summed E-state index contributed by atoms with van der Waals surface area (Å²) in [4.78, 5) is 20.4. The lowest BCUT2D eigenvalue weighted by Crippen LogP contribution is -2.30. The SMILES string of the molecule is Cc1ccc(C)c(O[C@@H](C)C(=O)Nc2ccc(S(=O)(=O)Nc3nccc(C)n3)cc2)c1. The molecule has 0 saturated heterocycles. The predicted molar refractivity (Wildman–Crippen MR) is 119 cm³/mol. The summed E-state index contributed by atoms with van der Waals surface area (Å²) in [5.74, 6) is 0.297. The minimum absolute atomic E-state index is 0.00482. The van der Waals surface area contributed by atoms with Crippen LogP contribution in [-0.4, -0.2) is 30.4 Å². The molecule has 2 aromatic carbocycles. The molecule has 0 spiro atoms. The number of aromatic nitrogens is 2. The molecule has 0 fully saturated rings. The fourth-order valence-corrected chi connectivity index (χ4v) is 3.67. The van der Waals surface area contributed by atoms with Crippen LogP contribution in [0.5, 0.6) is 5.75 Å². The first-order chi connectivity index (χ1) is 14.6. The summed E-state index contributed by atoms with van der Waals surface area (Å²) >= 11 is 0. The molecular formula is C22H24N4O4S. The summed E-state index contributed by atoms with van der Waals surface area (Å²) in [7, 11) is -3.85. The Kier molecular flexibility index (Phi) is 6.55. The third-order valence-corrected chi connectivity index (χ3v) is 5.81. The van der Waals surface area contributed by atoms with E-state index in [2.05, 4.69) is 20.0 Å². The number of carbonyl (C=O) groups excluding carboxylic acids is 1. The molecule has 2 N–H and O–H groups in total. The Morgan fingerprint density at radius 1 is 1.03 bits per heavy atom. The number of nitrogens with one attached hydrogen (secondary N) is 2. The Bertz CT molecular complexity index is 1190. The molecule has 8 nitrogen and oxygen atoms in total. The maximum Gasteiger partial charge on any atom is 0.265 e. The van der Waals surface area contributed by atoms with Crippen molar-refractivity contribution in [1.29, 1.82) is 0 Å². The van der Waals surface area contributed by atoms with Gasteiger partial charge in [0.05, 0.1) is 4.90 Å². The van der Waals surface area contributed by atoms with E-state index < -0.39 is 16.1 Å². The zero-order valence-corrected chi connectivity index (χ0v) is 18.5. The van der Waals surface area contributed by atoms with Gasteiger partial charge in [0.25, 0.3) is 15.9 Å². The Balaban J connectivity index is 1.65. The van der Waals surface area contributed by atoms with Gasteiger partial charge < -0.3 is 10.1 Å². The van der Waals surface area contributed by atoms with Crippen molar-refractivity contribution in [3.63, 3.8) is 0 Å². The molecule has 31 heavy (non-hydrogen) atoms. The largest absolute Gasteiger partial charge is 0.481 e. The van der Waals surface area contributed by atoms with Crippen molar-refractivity contribution in [2.24, 2.45) is 0 Å². The lowest BCUT2D eigenvalue weighted by Gasteiger charge is -2.17. The van der Waals surface area contributed by atoms with Gasteiger partial charge in [0.15, 0.2) is 6.10 Å². The molecule has 162 valence electrons. The summed E-state index contributed by atoms with van der Waals surface area (Å²) < 4.78 is 33.2. The van der Waals surface area contributed by atoms with E-state index in [1.807, 2.05) is 32.0 Å². The van der Waals surface area contributed by atoms with Gasteiger partial charge >= 0.3 is 0 Å². The van der Waals surface area contributed by atoms with Crippen molar-refractivity contribution in [1.82, 2.24) is 9.97 Å². The number of ether oxygens (including phenoxy) is 1. The van der Waals surface area contributed by atoms with Crippen LogP contribution in [0.3, 0.4) is 0 Å². The molecule has 0 bridgehead atoms. The molecule has 1 heterocycles. The lowest BCUT2D eigenvalue weighted by atomic mass is 10.1. The van der Waals surface area contributed by atoms with E-state index in [0.717, 1.165) is 11.1 Å². The highest BCUT2D eigenvalue weighted by atomic mass is 32.2. The van der Waals surface area contributed by atoms with Crippen LogP contribution < -0.4 is 14.8 Å². The highest BCUT2D eigenvalue weighted by Gasteiger charge is 2.18. The average Bonchev–Trinajstić information content (AvgIpc) is 2.70. The minimum atomic E-state index is -3.85. The van der Waals surface area contributed by atoms with Crippen LogP contribution >= 0.6 is 0 Å². The van der Waals surface area contributed by atoms with Crippen molar-refractivity contribution in [2.75, 3.05) is 10.0 Å². The van der Waals surface area contributed by atoms with E-state index in [-0.39, 0.29) is 16.8 Å². The molecule has 0 aliphatic rings. The summed E-state index contributed by atoms with van der Waals surface area (Å²) in [6, 6.07) is 13.3. The van der Waals surface area contributed by atoms with Gasteiger partial charge in [0.2, 0.25) is 5.95 Å². The minimum Gasteiger partial charge on any atom is -0.481 e. The number of nitrogens with zero attached hydrogens (tertiary/aromatic N) is 2. The topological polar surface area (TPSA) is 110 Å². The van der Waals surface area contributed by atoms with Crippen LogP contribution in [-0.2, 0) is 14.8 Å². The first-order valence-electron chi connectivity index (χ1n) is 9.61. The van der Waals surface area contributed by atoms with E-state index in [1.54, 1.807) is 19.9 Å². The molecule has 9 heteroatoms. The monoisotopic (exact) mass is 440 g/mol. The Morgan fingerprint density at radius 3 is 2.42 bits per heavy atom. The number of rotatable bonds is 7. The standard InChI is InChI=1S/C22H24N4O4S/c1-14-5-6-15(2)20(13-14)30-17(4)21(27)25-18-7-9-19(10-8-18)31(28,29)26-22-23-12-11-16(3)24-22/h5-13,17H,1-4H3,(H,25,27)(H,23,24,26)/t17-/m0/s1. The zero-order valence-electron chi connectivity index (χ0n) is 17.7. The van der Waals surface area contributed by atoms with Crippen LogP contribution in [0.2, 0.25) is 0 Å². The normalized spacial score (nSPS) is 12.1.